The summed E-state index contributed by atoms with van der Waals surface area (Å²) in [6.07, 6.45) is 0.906. The van der Waals surface area contributed by atoms with Gasteiger partial charge in [0.15, 0.2) is 5.76 Å². The minimum absolute atomic E-state index is 0.177. The zero-order chi connectivity index (χ0) is 20.8. The van der Waals surface area contributed by atoms with Crippen LogP contribution in [0.25, 0.3) is 11.1 Å². The molecule has 1 atom stereocenters. The van der Waals surface area contributed by atoms with Crippen LogP contribution in [-0.4, -0.2) is 23.0 Å². The summed E-state index contributed by atoms with van der Waals surface area (Å²) in [5, 5.41) is 12.7. The molecule has 29 heavy (non-hydrogen) atoms. The quantitative estimate of drug-likeness (QED) is 0.548. The average molecular weight is 412 g/mol. The molecule has 0 aliphatic heterocycles. The molecule has 1 aromatic heterocycles. The second-order valence-electron chi connectivity index (χ2n) is 6.80. The molecule has 2 aromatic carbocycles. The van der Waals surface area contributed by atoms with Crippen LogP contribution in [0, 0.1) is 0 Å². The standard InChI is InChI=1S/C23H22ClNO4/c1-2-20-10-11-21(29-20)23(28)25-19(14-22(26)27)12-15-6-8-16(9-7-15)17-4-3-5-18(24)13-17/h3-11,13,19H,2,12,14H2,1H3,(H,25,28)(H,26,27)/t19-/m1/s1. The minimum atomic E-state index is -0.973. The van der Waals surface area contributed by atoms with Crippen LogP contribution in [0.15, 0.2) is 65.1 Å². The number of carboxylic acids is 1. The number of aliphatic carboxylic acids is 1. The zero-order valence-electron chi connectivity index (χ0n) is 16.0. The van der Waals surface area contributed by atoms with Gasteiger partial charge in [-0.25, -0.2) is 0 Å². The summed E-state index contributed by atoms with van der Waals surface area (Å²) in [5.74, 6) is -0.485. The monoisotopic (exact) mass is 411 g/mol. The Hall–Kier alpha value is -3.05. The number of amides is 1. The predicted molar refractivity (Wildman–Crippen MR) is 112 cm³/mol. The van der Waals surface area contributed by atoms with Crippen molar-refractivity contribution in [3.05, 3.63) is 82.8 Å². The van der Waals surface area contributed by atoms with Crippen molar-refractivity contribution >= 4 is 23.5 Å². The molecule has 0 radical (unpaired) electrons. The van der Waals surface area contributed by atoms with Crippen molar-refractivity contribution in [2.45, 2.75) is 32.2 Å². The Balaban J connectivity index is 1.71. The van der Waals surface area contributed by atoms with Gasteiger partial charge in [0.05, 0.1) is 6.42 Å². The molecule has 1 amide bonds. The van der Waals surface area contributed by atoms with E-state index in [1.54, 1.807) is 12.1 Å². The minimum Gasteiger partial charge on any atom is -0.481 e. The lowest BCUT2D eigenvalue weighted by atomic mass is 9.99. The maximum atomic E-state index is 12.4. The van der Waals surface area contributed by atoms with Gasteiger partial charge in [0.1, 0.15) is 5.76 Å². The number of hydrogen-bond donors (Lipinski definition) is 2. The molecule has 2 N–H and O–H groups in total. The first-order valence-corrected chi connectivity index (χ1v) is 9.78. The number of furan rings is 1. The van der Waals surface area contributed by atoms with E-state index < -0.39 is 17.9 Å². The van der Waals surface area contributed by atoms with Crippen molar-refractivity contribution < 1.29 is 19.1 Å². The molecule has 0 saturated heterocycles. The van der Waals surface area contributed by atoms with Crippen LogP contribution in [-0.2, 0) is 17.6 Å². The first kappa shape index (κ1) is 20.7. The molecule has 0 unspecified atom stereocenters. The Morgan fingerprint density at radius 1 is 1.07 bits per heavy atom. The maximum Gasteiger partial charge on any atom is 0.305 e. The Bertz CT molecular complexity index is 994. The number of hydrogen-bond acceptors (Lipinski definition) is 3. The van der Waals surface area contributed by atoms with E-state index in [0.717, 1.165) is 16.7 Å². The lowest BCUT2D eigenvalue weighted by Crippen LogP contribution is -2.38. The zero-order valence-corrected chi connectivity index (χ0v) is 16.8. The molecule has 0 bridgehead atoms. The number of carboxylic acid groups (broad SMARTS) is 1. The van der Waals surface area contributed by atoms with E-state index in [4.69, 9.17) is 16.0 Å². The molecule has 0 spiro atoms. The van der Waals surface area contributed by atoms with Crippen LogP contribution in [0.3, 0.4) is 0 Å². The lowest BCUT2D eigenvalue weighted by Gasteiger charge is -2.16. The highest BCUT2D eigenvalue weighted by molar-refractivity contribution is 6.30. The summed E-state index contributed by atoms with van der Waals surface area (Å²) in [4.78, 5) is 23.7. The van der Waals surface area contributed by atoms with Gasteiger partial charge in [-0.3, -0.25) is 9.59 Å². The highest BCUT2D eigenvalue weighted by atomic mass is 35.5. The fourth-order valence-corrected chi connectivity index (χ4v) is 3.31. The van der Waals surface area contributed by atoms with Crippen LogP contribution in [0.2, 0.25) is 5.02 Å². The molecule has 5 nitrogen and oxygen atoms in total. The topological polar surface area (TPSA) is 79.5 Å². The van der Waals surface area contributed by atoms with Gasteiger partial charge in [0.25, 0.3) is 5.91 Å². The van der Waals surface area contributed by atoms with E-state index in [1.165, 1.54) is 0 Å². The second kappa shape index (κ2) is 9.43. The number of aryl methyl sites for hydroxylation is 1. The van der Waals surface area contributed by atoms with E-state index in [0.29, 0.717) is 23.6 Å². The van der Waals surface area contributed by atoms with Gasteiger partial charge in [-0.2, -0.15) is 0 Å². The highest BCUT2D eigenvalue weighted by Gasteiger charge is 2.19. The third-order valence-electron chi connectivity index (χ3n) is 4.58. The summed E-state index contributed by atoms with van der Waals surface area (Å²) >= 11 is 6.05. The molecular weight excluding hydrogens is 390 g/mol. The van der Waals surface area contributed by atoms with E-state index in [-0.39, 0.29) is 12.2 Å². The van der Waals surface area contributed by atoms with Gasteiger partial charge < -0.3 is 14.8 Å². The Kier molecular flexibility index (Phi) is 6.73. The van der Waals surface area contributed by atoms with Crippen LogP contribution in [0.4, 0.5) is 0 Å². The van der Waals surface area contributed by atoms with Crippen LogP contribution in [0.1, 0.15) is 35.2 Å². The van der Waals surface area contributed by atoms with Crippen molar-refractivity contribution in [2.24, 2.45) is 0 Å². The fourth-order valence-electron chi connectivity index (χ4n) is 3.12. The van der Waals surface area contributed by atoms with Gasteiger partial charge in [-0.1, -0.05) is 54.9 Å². The number of rotatable bonds is 8. The number of benzene rings is 2. The van der Waals surface area contributed by atoms with Crippen molar-refractivity contribution in [2.75, 3.05) is 0 Å². The van der Waals surface area contributed by atoms with Crippen molar-refractivity contribution in [3.8, 4) is 11.1 Å². The average Bonchev–Trinajstić information content (AvgIpc) is 3.17. The predicted octanol–water partition coefficient (Wildman–Crippen LogP) is 4.98. The molecule has 150 valence electrons. The third-order valence-corrected chi connectivity index (χ3v) is 4.82. The molecule has 1 heterocycles. The molecule has 0 saturated carbocycles. The number of carbonyl (C=O) groups is 2. The van der Waals surface area contributed by atoms with Crippen molar-refractivity contribution in [3.63, 3.8) is 0 Å². The second-order valence-corrected chi connectivity index (χ2v) is 7.24. The van der Waals surface area contributed by atoms with Gasteiger partial charge in [-0.05, 0) is 47.4 Å². The van der Waals surface area contributed by atoms with Crippen LogP contribution >= 0.6 is 11.6 Å². The molecule has 3 rings (SSSR count). The SMILES string of the molecule is CCc1ccc(C(=O)N[C@@H](CC(=O)O)Cc2ccc(-c3cccc(Cl)c3)cc2)o1. The lowest BCUT2D eigenvalue weighted by molar-refractivity contribution is -0.137. The van der Waals surface area contributed by atoms with Crippen LogP contribution in [0.5, 0.6) is 0 Å². The van der Waals surface area contributed by atoms with Gasteiger partial charge in [-0.15, -0.1) is 0 Å². The Morgan fingerprint density at radius 2 is 1.83 bits per heavy atom. The first-order chi connectivity index (χ1) is 13.9. The summed E-state index contributed by atoms with van der Waals surface area (Å²) < 4.78 is 5.45. The smallest absolute Gasteiger partial charge is 0.305 e. The van der Waals surface area contributed by atoms with Crippen molar-refractivity contribution in [1.29, 1.82) is 0 Å². The normalized spacial score (nSPS) is 11.8. The molecular formula is C23H22ClNO4. The van der Waals surface area contributed by atoms with E-state index in [9.17, 15) is 14.7 Å². The van der Waals surface area contributed by atoms with Gasteiger partial charge in [0, 0.05) is 17.5 Å². The van der Waals surface area contributed by atoms with Crippen molar-refractivity contribution in [1.82, 2.24) is 5.32 Å². The van der Waals surface area contributed by atoms with E-state index in [2.05, 4.69) is 5.32 Å². The summed E-state index contributed by atoms with van der Waals surface area (Å²) in [6, 6.07) is 18.2. The van der Waals surface area contributed by atoms with E-state index >= 15 is 0 Å². The fraction of sp³-hybridized carbons (Fsp3) is 0.217. The summed E-state index contributed by atoms with van der Waals surface area (Å²) in [5.41, 5.74) is 2.94. The summed E-state index contributed by atoms with van der Waals surface area (Å²) in [6.45, 7) is 1.93. The molecule has 0 aliphatic carbocycles. The van der Waals surface area contributed by atoms with Crippen LogP contribution < -0.4 is 5.32 Å². The largest absolute Gasteiger partial charge is 0.481 e. The van der Waals surface area contributed by atoms with Gasteiger partial charge >= 0.3 is 5.97 Å². The highest BCUT2D eigenvalue weighted by Crippen LogP contribution is 2.23. The first-order valence-electron chi connectivity index (χ1n) is 9.41. The third kappa shape index (κ3) is 5.72. The van der Waals surface area contributed by atoms with Gasteiger partial charge in [0.2, 0.25) is 0 Å². The Labute approximate surface area is 174 Å². The van der Waals surface area contributed by atoms with E-state index in [1.807, 2.05) is 55.5 Å². The Morgan fingerprint density at radius 3 is 2.45 bits per heavy atom. The summed E-state index contributed by atoms with van der Waals surface area (Å²) in [7, 11) is 0. The molecule has 0 fully saturated rings. The molecule has 6 heteroatoms. The number of carbonyl (C=O) groups excluding carboxylic acids is 1. The maximum absolute atomic E-state index is 12.4. The number of halogens is 1. The molecule has 3 aromatic rings. The molecule has 0 aliphatic rings. The number of nitrogens with one attached hydrogen (secondary N) is 1.